The second kappa shape index (κ2) is 7.22. The van der Waals surface area contributed by atoms with Crippen molar-refractivity contribution < 1.29 is 23.5 Å². The van der Waals surface area contributed by atoms with Crippen molar-refractivity contribution in [2.75, 3.05) is 4.90 Å². The van der Waals surface area contributed by atoms with Gasteiger partial charge in [0, 0.05) is 16.7 Å². The van der Waals surface area contributed by atoms with E-state index in [1.807, 2.05) is 0 Å². The average molecular weight is 393 g/mol. The van der Waals surface area contributed by atoms with Crippen LogP contribution in [0.4, 0.5) is 14.5 Å². The Balaban J connectivity index is 1.69. The first-order valence-corrected chi connectivity index (χ1v) is 9.06. The highest BCUT2D eigenvalue weighted by Gasteiger charge is 2.50. The molecule has 0 saturated carbocycles. The van der Waals surface area contributed by atoms with Crippen molar-refractivity contribution in [3.63, 3.8) is 0 Å². The monoisotopic (exact) mass is 393 g/mol. The van der Waals surface area contributed by atoms with Crippen LogP contribution in [0.5, 0.6) is 0 Å². The Morgan fingerprint density at radius 2 is 1.59 bits per heavy atom. The zero-order chi connectivity index (χ0) is 20.6. The molecule has 3 aromatic rings. The van der Waals surface area contributed by atoms with Crippen LogP contribution < -0.4 is 4.90 Å². The maximum Gasteiger partial charge on any atom is 0.264 e. The molecule has 1 heterocycles. The molecule has 0 saturated heterocycles. The molecule has 3 aromatic carbocycles. The van der Waals surface area contributed by atoms with E-state index in [0.29, 0.717) is 11.3 Å². The largest absolute Gasteiger partial charge is 0.375 e. The Morgan fingerprint density at radius 1 is 0.931 bits per heavy atom. The van der Waals surface area contributed by atoms with Crippen LogP contribution in [0.25, 0.3) is 0 Å². The van der Waals surface area contributed by atoms with Crippen molar-refractivity contribution in [2.24, 2.45) is 0 Å². The van der Waals surface area contributed by atoms with Crippen molar-refractivity contribution in [3.05, 3.63) is 101 Å². The van der Waals surface area contributed by atoms with Gasteiger partial charge in [0.2, 0.25) is 0 Å². The van der Waals surface area contributed by atoms with E-state index in [-0.39, 0.29) is 17.7 Å². The molecule has 0 aromatic heterocycles. The van der Waals surface area contributed by atoms with Gasteiger partial charge >= 0.3 is 0 Å². The van der Waals surface area contributed by atoms with E-state index < -0.39 is 35.3 Å². The molecule has 1 N–H and O–H groups in total. The van der Waals surface area contributed by atoms with Gasteiger partial charge < -0.3 is 10.0 Å². The molecule has 0 bridgehead atoms. The molecule has 1 atom stereocenters. The lowest BCUT2D eigenvalue weighted by atomic mass is 9.88. The number of carbonyl (C=O) groups is 2. The Kier molecular flexibility index (Phi) is 4.72. The molecule has 0 fully saturated rings. The zero-order valence-corrected chi connectivity index (χ0v) is 15.3. The summed E-state index contributed by atoms with van der Waals surface area (Å²) in [6.45, 7) is -0.0738. The van der Waals surface area contributed by atoms with Gasteiger partial charge in [-0.1, -0.05) is 36.4 Å². The highest BCUT2D eigenvalue weighted by molar-refractivity contribution is 6.10. The maximum atomic E-state index is 14.1. The van der Waals surface area contributed by atoms with Crippen LogP contribution in [0.15, 0.2) is 72.8 Å². The van der Waals surface area contributed by atoms with Gasteiger partial charge in [0.25, 0.3) is 5.91 Å². The summed E-state index contributed by atoms with van der Waals surface area (Å²) in [5.74, 6) is -2.14. The molecule has 0 radical (unpaired) electrons. The number of ketones is 1. The van der Waals surface area contributed by atoms with E-state index in [2.05, 4.69) is 0 Å². The van der Waals surface area contributed by atoms with Gasteiger partial charge in [-0.3, -0.25) is 9.59 Å². The van der Waals surface area contributed by atoms with Gasteiger partial charge in [-0.2, -0.15) is 0 Å². The van der Waals surface area contributed by atoms with Crippen LogP contribution >= 0.6 is 0 Å². The summed E-state index contributed by atoms with van der Waals surface area (Å²) < 4.78 is 27.2. The summed E-state index contributed by atoms with van der Waals surface area (Å²) >= 11 is 0. The molecule has 0 spiro atoms. The van der Waals surface area contributed by atoms with E-state index in [0.717, 1.165) is 12.1 Å². The molecular weight excluding hydrogens is 376 g/mol. The number of carbonyl (C=O) groups excluding carboxylic acids is 2. The third-order valence-electron chi connectivity index (χ3n) is 5.11. The van der Waals surface area contributed by atoms with Crippen molar-refractivity contribution >= 4 is 17.4 Å². The summed E-state index contributed by atoms with van der Waals surface area (Å²) in [7, 11) is 0. The molecule has 4 nitrogen and oxygen atoms in total. The molecule has 29 heavy (non-hydrogen) atoms. The zero-order valence-electron chi connectivity index (χ0n) is 15.3. The van der Waals surface area contributed by atoms with Crippen LogP contribution in [0, 0.1) is 11.6 Å². The van der Waals surface area contributed by atoms with Crippen LogP contribution in [-0.4, -0.2) is 16.8 Å². The number of amides is 1. The van der Waals surface area contributed by atoms with Gasteiger partial charge in [-0.25, -0.2) is 8.78 Å². The van der Waals surface area contributed by atoms with Gasteiger partial charge in [0.1, 0.15) is 11.6 Å². The third-order valence-corrected chi connectivity index (χ3v) is 5.11. The molecule has 1 amide bonds. The molecule has 4 rings (SSSR count). The topological polar surface area (TPSA) is 57.6 Å². The number of hydrogen-bond donors (Lipinski definition) is 1. The Bertz CT molecular complexity index is 1100. The molecular formula is C23H17F2NO3. The lowest BCUT2D eigenvalue weighted by Crippen LogP contribution is -2.41. The predicted molar refractivity (Wildman–Crippen MR) is 103 cm³/mol. The molecule has 1 aliphatic heterocycles. The van der Waals surface area contributed by atoms with Gasteiger partial charge in [-0.05, 0) is 36.4 Å². The molecule has 1 aliphatic rings. The number of benzene rings is 3. The second-order valence-electron chi connectivity index (χ2n) is 6.97. The Hall–Kier alpha value is -3.38. The number of hydrogen-bond acceptors (Lipinski definition) is 3. The van der Waals surface area contributed by atoms with Gasteiger partial charge in [0.05, 0.1) is 18.7 Å². The van der Waals surface area contributed by atoms with E-state index >= 15 is 0 Å². The highest BCUT2D eigenvalue weighted by atomic mass is 19.1. The van der Waals surface area contributed by atoms with E-state index in [9.17, 15) is 23.5 Å². The van der Waals surface area contributed by atoms with Crippen molar-refractivity contribution in [3.8, 4) is 0 Å². The number of aliphatic hydroxyl groups is 1. The van der Waals surface area contributed by atoms with E-state index in [1.54, 1.807) is 42.5 Å². The van der Waals surface area contributed by atoms with E-state index in [1.165, 1.54) is 23.1 Å². The van der Waals surface area contributed by atoms with Crippen LogP contribution in [0.1, 0.15) is 27.9 Å². The fourth-order valence-corrected chi connectivity index (χ4v) is 3.60. The smallest absolute Gasteiger partial charge is 0.264 e. The quantitative estimate of drug-likeness (QED) is 0.668. The predicted octanol–water partition coefficient (Wildman–Crippen LogP) is 3.97. The fraction of sp³-hybridized carbons (Fsp3) is 0.130. The summed E-state index contributed by atoms with van der Waals surface area (Å²) in [5, 5.41) is 11.2. The summed E-state index contributed by atoms with van der Waals surface area (Å²) in [6, 6.07) is 17.6. The minimum atomic E-state index is -2.08. The van der Waals surface area contributed by atoms with Crippen LogP contribution in [0.3, 0.4) is 0 Å². The number of nitrogens with zero attached hydrogens (tertiary/aromatic N) is 1. The fourth-order valence-electron chi connectivity index (χ4n) is 3.60. The van der Waals surface area contributed by atoms with Gasteiger partial charge in [0.15, 0.2) is 11.4 Å². The number of anilines is 1. The summed E-state index contributed by atoms with van der Waals surface area (Å²) in [4.78, 5) is 27.1. The SMILES string of the molecule is O=C(C[C@]1(O)C(=O)N(Cc2ccccc2F)c2ccccc21)c1ccc(F)cc1. The molecule has 0 unspecified atom stereocenters. The van der Waals surface area contributed by atoms with Crippen molar-refractivity contribution in [1.82, 2.24) is 0 Å². The van der Waals surface area contributed by atoms with Gasteiger partial charge in [-0.15, -0.1) is 0 Å². The van der Waals surface area contributed by atoms with Crippen LogP contribution in [-0.2, 0) is 16.9 Å². The number of Topliss-reactive ketones (excluding diaryl/α,β-unsaturated/α-hetero) is 1. The highest BCUT2D eigenvalue weighted by Crippen LogP contribution is 2.43. The maximum absolute atomic E-state index is 14.1. The summed E-state index contributed by atoms with van der Waals surface area (Å²) in [5.41, 5.74) is -0.873. The number of rotatable bonds is 5. The Morgan fingerprint density at radius 3 is 2.31 bits per heavy atom. The first-order valence-electron chi connectivity index (χ1n) is 9.06. The normalized spacial score (nSPS) is 18.0. The van der Waals surface area contributed by atoms with Crippen LogP contribution in [0.2, 0.25) is 0 Å². The number of para-hydroxylation sites is 1. The standard InChI is InChI=1S/C23H17F2NO3/c24-17-11-9-15(10-12-17)21(27)13-23(29)18-6-2-4-8-20(18)26(22(23)28)14-16-5-1-3-7-19(16)25/h1-12,29H,13-14H2/t23-/m1/s1. The molecule has 146 valence electrons. The third kappa shape index (κ3) is 3.32. The minimum absolute atomic E-state index is 0.0738. The first-order chi connectivity index (χ1) is 13.9. The lowest BCUT2D eigenvalue weighted by Gasteiger charge is -2.23. The summed E-state index contributed by atoms with van der Waals surface area (Å²) in [6.07, 6.45) is -0.498. The van der Waals surface area contributed by atoms with Crippen molar-refractivity contribution in [2.45, 2.75) is 18.6 Å². The number of fused-ring (bicyclic) bond motifs is 1. The van der Waals surface area contributed by atoms with Crippen molar-refractivity contribution in [1.29, 1.82) is 0 Å². The number of halogens is 2. The molecule has 6 heteroatoms. The lowest BCUT2D eigenvalue weighted by molar-refractivity contribution is -0.136. The van der Waals surface area contributed by atoms with E-state index in [4.69, 9.17) is 0 Å². The molecule has 0 aliphatic carbocycles. The second-order valence-corrected chi connectivity index (χ2v) is 6.97. The minimum Gasteiger partial charge on any atom is -0.375 e. The Labute approximate surface area is 166 Å². The first kappa shape index (κ1) is 19.0. The average Bonchev–Trinajstić information content (AvgIpc) is 2.92.